The highest BCUT2D eigenvalue weighted by Crippen LogP contribution is 2.67. The van der Waals surface area contributed by atoms with Gasteiger partial charge < -0.3 is 0 Å². The van der Waals surface area contributed by atoms with Crippen molar-refractivity contribution in [2.75, 3.05) is 0 Å². The van der Waals surface area contributed by atoms with Crippen LogP contribution in [0, 0.1) is 28.6 Å². The minimum atomic E-state index is 0.612. The van der Waals surface area contributed by atoms with Crippen LogP contribution in [0.2, 0.25) is 0 Å². The van der Waals surface area contributed by atoms with Crippen LogP contribution in [0.1, 0.15) is 74.1 Å². The lowest BCUT2D eigenvalue weighted by Crippen LogP contribution is -2.38. The van der Waals surface area contributed by atoms with Gasteiger partial charge in [-0.1, -0.05) is 54.9 Å². The Morgan fingerprint density at radius 2 is 1.62 bits per heavy atom. The molecule has 2 fully saturated rings. The highest BCUT2D eigenvalue weighted by atomic mass is 14.6. The topological polar surface area (TPSA) is 0 Å². The van der Waals surface area contributed by atoms with E-state index in [-0.39, 0.29) is 0 Å². The van der Waals surface area contributed by atoms with Crippen molar-refractivity contribution >= 4 is 0 Å². The van der Waals surface area contributed by atoms with Crippen LogP contribution < -0.4 is 0 Å². The highest BCUT2D eigenvalue weighted by Gasteiger charge is 2.59. The summed E-state index contributed by atoms with van der Waals surface area (Å²) in [6, 6.07) is 0. The largest absolute Gasteiger partial charge is 0.0656 e. The van der Waals surface area contributed by atoms with Gasteiger partial charge in [0.25, 0.3) is 0 Å². The van der Waals surface area contributed by atoms with E-state index in [9.17, 15) is 0 Å². The molecule has 0 aliphatic heterocycles. The lowest BCUT2D eigenvalue weighted by molar-refractivity contribution is 0.0366. The molecular formula is C16H32. The van der Waals surface area contributed by atoms with Gasteiger partial charge in [0.15, 0.2) is 0 Å². The lowest BCUT2D eigenvalue weighted by atomic mass is 9.60. The molecule has 16 heavy (non-hydrogen) atoms. The van der Waals surface area contributed by atoms with Gasteiger partial charge in [-0.15, -0.1) is 0 Å². The molecule has 0 N–H and O–H groups in total. The standard InChI is InChI=1S/C13H24.C3H8/c1-9(2)11-12(3,4)10-6-7-13(11,5)8-10;1-3-2/h9-11H,6-8H2,1-5H3;3H2,1-2H3/t10?,11?,13-;/m1./s1. The molecule has 3 atom stereocenters. The molecule has 2 rings (SSSR count). The van der Waals surface area contributed by atoms with Gasteiger partial charge in [0.05, 0.1) is 0 Å². The van der Waals surface area contributed by atoms with Gasteiger partial charge in [-0.05, 0) is 47.8 Å². The van der Waals surface area contributed by atoms with Crippen LogP contribution in [0.4, 0.5) is 0 Å². The predicted molar refractivity (Wildman–Crippen MR) is 73.5 cm³/mol. The first-order valence-corrected chi connectivity index (χ1v) is 7.29. The Morgan fingerprint density at radius 1 is 1.12 bits per heavy atom. The Labute approximate surface area is 103 Å². The first-order valence-electron chi connectivity index (χ1n) is 7.29. The molecule has 0 spiro atoms. The maximum Gasteiger partial charge on any atom is -0.0283 e. The van der Waals surface area contributed by atoms with Gasteiger partial charge in [-0.25, -0.2) is 0 Å². The molecule has 0 aromatic heterocycles. The zero-order chi connectivity index (χ0) is 12.6. The second-order valence-electron chi connectivity index (χ2n) is 7.34. The fourth-order valence-corrected chi connectivity index (χ4v) is 5.00. The molecule has 2 aliphatic carbocycles. The third-order valence-corrected chi connectivity index (χ3v) is 5.05. The van der Waals surface area contributed by atoms with E-state index in [1.54, 1.807) is 0 Å². The molecule has 0 aromatic rings. The molecule has 0 aromatic carbocycles. The van der Waals surface area contributed by atoms with E-state index in [0.29, 0.717) is 10.8 Å². The predicted octanol–water partition coefficient (Wildman–Crippen LogP) is 5.52. The average Bonchev–Trinajstić information content (AvgIpc) is 2.55. The summed E-state index contributed by atoms with van der Waals surface area (Å²) in [5.74, 6) is 2.84. The van der Waals surface area contributed by atoms with E-state index in [0.717, 1.165) is 17.8 Å². The van der Waals surface area contributed by atoms with Crippen molar-refractivity contribution in [3.63, 3.8) is 0 Å². The molecule has 96 valence electrons. The van der Waals surface area contributed by atoms with E-state index >= 15 is 0 Å². The molecule has 0 amide bonds. The summed E-state index contributed by atoms with van der Waals surface area (Å²) >= 11 is 0. The summed E-state index contributed by atoms with van der Waals surface area (Å²) in [5.41, 5.74) is 1.30. The number of rotatable bonds is 1. The quantitative estimate of drug-likeness (QED) is 0.550. The summed E-state index contributed by atoms with van der Waals surface area (Å²) in [6.45, 7) is 16.6. The molecule has 0 nitrogen and oxygen atoms in total. The second-order valence-corrected chi connectivity index (χ2v) is 7.34. The van der Waals surface area contributed by atoms with Crippen LogP contribution in [0.15, 0.2) is 0 Å². The minimum Gasteiger partial charge on any atom is -0.0656 e. The van der Waals surface area contributed by atoms with Crippen molar-refractivity contribution in [3.05, 3.63) is 0 Å². The minimum absolute atomic E-state index is 0.612. The first kappa shape index (κ1) is 14.1. The summed E-state index contributed by atoms with van der Waals surface area (Å²) in [5, 5.41) is 0. The van der Waals surface area contributed by atoms with Crippen molar-refractivity contribution in [2.24, 2.45) is 28.6 Å². The van der Waals surface area contributed by atoms with Gasteiger partial charge in [-0.3, -0.25) is 0 Å². The van der Waals surface area contributed by atoms with Gasteiger partial charge >= 0.3 is 0 Å². The van der Waals surface area contributed by atoms with Crippen LogP contribution in [0.5, 0.6) is 0 Å². The summed E-state index contributed by atoms with van der Waals surface area (Å²) in [6.07, 6.45) is 5.74. The molecule has 2 unspecified atom stereocenters. The van der Waals surface area contributed by atoms with Gasteiger partial charge in [-0.2, -0.15) is 0 Å². The van der Waals surface area contributed by atoms with E-state index in [2.05, 4.69) is 48.5 Å². The molecule has 0 saturated heterocycles. The van der Waals surface area contributed by atoms with Crippen molar-refractivity contribution in [1.82, 2.24) is 0 Å². The van der Waals surface area contributed by atoms with Crippen LogP contribution in [0.3, 0.4) is 0 Å². The Bertz CT molecular complexity index is 221. The van der Waals surface area contributed by atoms with Gasteiger partial charge in [0.1, 0.15) is 0 Å². The Hall–Kier alpha value is 0. The van der Waals surface area contributed by atoms with Crippen molar-refractivity contribution in [1.29, 1.82) is 0 Å². The maximum atomic E-state index is 2.53. The van der Waals surface area contributed by atoms with Gasteiger partial charge in [0.2, 0.25) is 0 Å². The van der Waals surface area contributed by atoms with Crippen molar-refractivity contribution in [2.45, 2.75) is 74.1 Å². The van der Waals surface area contributed by atoms with Gasteiger partial charge in [0, 0.05) is 0 Å². The Morgan fingerprint density at radius 3 is 1.88 bits per heavy atom. The fourth-order valence-electron chi connectivity index (χ4n) is 5.00. The number of hydrogen-bond donors (Lipinski definition) is 0. The maximum absolute atomic E-state index is 2.53. The van der Waals surface area contributed by atoms with E-state index in [1.807, 2.05) is 0 Å². The normalized spacial score (nSPS) is 39.8. The summed E-state index contributed by atoms with van der Waals surface area (Å²) < 4.78 is 0. The molecule has 2 bridgehead atoms. The van der Waals surface area contributed by atoms with Crippen molar-refractivity contribution < 1.29 is 0 Å². The third kappa shape index (κ3) is 2.17. The molecule has 2 saturated carbocycles. The third-order valence-electron chi connectivity index (χ3n) is 5.05. The summed E-state index contributed by atoms with van der Waals surface area (Å²) in [7, 11) is 0. The zero-order valence-corrected chi connectivity index (χ0v) is 12.6. The van der Waals surface area contributed by atoms with Crippen LogP contribution in [-0.4, -0.2) is 0 Å². The molecule has 0 radical (unpaired) electrons. The van der Waals surface area contributed by atoms with Crippen molar-refractivity contribution in [3.8, 4) is 0 Å². The van der Waals surface area contributed by atoms with E-state index < -0.39 is 0 Å². The first-order chi connectivity index (χ1) is 7.29. The van der Waals surface area contributed by atoms with E-state index in [1.165, 1.54) is 25.7 Å². The van der Waals surface area contributed by atoms with Crippen LogP contribution in [0.25, 0.3) is 0 Å². The number of fused-ring (bicyclic) bond motifs is 2. The SMILES string of the molecule is CC(C)C1C(C)(C)C2CC[C@]1(C)C2.CCC. The smallest absolute Gasteiger partial charge is 0.0283 e. The Balaban J connectivity index is 0.000000386. The van der Waals surface area contributed by atoms with Crippen LogP contribution in [-0.2, 0) is 0 Å². The lowest BCUT2D eigenvalue weighted by Gasteiger charge is -2.45. The molecular weight excluding hydrogens is 192 g/mol. The second kappa shape index (κ2) is 4.70. The zero-order valence-electron chi connectivity index (χ0n) is 12.6. The highest BCUT2D eigenvalue weighted by molar-refractivity contribution is 5.08. The molecule has 0 heterocycles. The van der Waals surface area contributed by atoms with Crippen LogP contribution >= 0.6 is 0 Å². The van der Waals surface area contributed by atoms with E-state index in [4.69, 9.17) is 0 Å². The Kier molecular flexibility index (Phi) is 4.13. The number of hydrogen-bond acceptors (Lipinski definition) is 0. The molecule has 0 heteroatoms. The molecule has 2 aliphatic rings. The summed E-state index contributed by atoms with van der Waals surface area (Å²) in [4.78, 5) is 0. The average molecular weight is 224 g/mol. The fraction of sp³-hybridized carbons (Fsp3) is 1.00. The monoisotopic (exact) mass is 224 g/mol.